The third kappa shape index (κ3) is 4.38. The molecule has 1 aromatic heterocycles. The van der Waals surface area contributed by atoms with Gasteiger partial charge in [0.1, 0.15) is 17.2 Å². The van der Waals surface area contributed by atoms with Crippen molar-refractivity contribution in [2.45, 2.75) is 19.6 Å². The number of carbonyl (C=O) groups excluding carboxylic acids is 1. The van der Waals surface area contributed by atoms with Gasteiger partial charge in [-0.05, 0) is 42.5 Å². The van der Waals surface area contributed by atoms with Crippen molar-refractivity contribution in [1.82, 2.24) is 9.78 Å². The van der Waals surface area contributed by atoms with E-state index in [0.29, 0.717) is 45.5 Å². The normalized spacial score (nSPS) is 13.4. The van der Waals surface area contributed by atoms with Crippen LogP contribution in [0.2, 0.25) is 0 Å². The zero-order chi connectivity index (χ0) is 24.6. The highest BCUT2D eigenvalue weighted by Crippen LogP contribution is 2.41. The summed E-state index contributed by atoms with van der Waals surface area (Å²) >= 11 is 0. The van der Waals surface area contributed by atoms with E-state index in [2.05, 4.69) is 5.32 Å². The summed E-state index contributed by atoms with van der Waals surface area (Å²) in [5.74, 6) is 1.32. The second kappa shape index (κ2) is 8.72. The Bertz CT molecular complexity index is 1400. The predicted octanol–water partition coefficient (Wildman–Crippen LogP) is 5.32. The summed E-state index contributed by atoms with van der Waals surface area (Å²) in [5.41, 5.74) is 2.87. The number of amides is 1. The summed E-state index contributed by atoms with van der Waals surface area (Å²) in [5, 5.41) is 7.71. The van der Waals surface area contributed by atoms with Gasteiger partial charge in [0.15, 0.2) is 11.5 Å². The highest BCUT2D eigenvalue weighted by Gasteiger charge is 2.32. The Morgan fingerprint density at radius 3 is 2.46 bits per heavy atom. The number of hydrogen-bond donors (Lipinski definition) is 1. The molecule has 0 saturated carbocycles. The first kappa shape index (κ1) is 22.3. The molecule has 1 aliphatic rings. The molecule has 1 N–H and O–H groups in total. The van der Waals surface area contributed by atoms with Crippen LogP contribution in [0.5, 0.6) is 23.0 Å². The Balaban J connectivity index is 1.56. The molecule has 8 nitrogen and oxygen atoms in total. The highest BCUT2D eigenvalue weighted by molar-refractivity contribution is 6.08. The van der Waals surface area contributed by atoms with Gasteiger partial charge >= 0.3 is 0 Å². The van der Waals surface area contributed by atoms with Gasteiger partial charge in [-0.1, -0.05) is 18.2 Å². The van der Waals surface area contributed by atoms with Crippen molar-refractivity contribution in [2.24, 2.45) is 0 Å². The van der Waals surface area contributed by atoms with Crippen LogP contribution in [0.1, 0.15) is 24.2 Å². The van der Waals surface area contributed by atoms with E-state index in [0.717, 1.165) is 5.69 Å². The Hall–Kier alpha value is -4.46. The van der Waals surface area contributed by atoms with Gasteiger partial charge in [0.25, 0.3) is 5.91 Å². The lowest BCUT2D eigenvalue weighted by atomic mass is 10.1. The molecule has 0 fully saturated rings. The molecular weight excluding hydrogens is 446 g/mol. The van der Waals surface area contributed by atoms with E-state index in [1.54, 1.807) is 61.5 Å². The van der Waals surface area contributed by atoms with Crippen molar-refractivity contribution in [3.63, 3.8) is 0 Å². The maximum Gasteiger partial charge on any atom is 0.259 e. The van der Waals surface area contributed by atoms with E-state index < -0.39 is 5.79 Å². The molecule has 0 saturated heterocycles. The number of rotatable bonds is 6. The van der Waals surface area contributed by atoms with Crippen LogP contribution in [-0.4, -0.2) is 35.7 Å². The minimum atomic E-state index is -0.752. The summed E-state index contributed by atoms with van der Waals surface area (Å²) < 4.78 is 24.2. The molecular formula is C27H25N3O5. The van der Waals surface area contributed by atoms with E-state index >= 15 is 0 Å². The highest BCUT2D eigenvalue weighted by atomic mass is 16.7. The van der Waals surface area contributed by atoms with Gasteiger partial charge in [0.2, 0.25) is 5.79 Å². The number of anilines is 1. The lowest BCUT2D eigenvalue weighted by molar-refractivity contribution is -0.0431. The van der Waals surface area contributed by atoms with Crippen LogP contribution in [0.25, 0.3) is 16.9 Å². The van der Waals surface area contributed by atoms with E-state index in [-0.39, 0.29) is 5.91 Å². The van der Waals surface area contributed by atoms with Gasteiger partial charge < -0.3 is 24.3 Å². The summed E-state index contributed by atoms with van der Waals surface area (Å²) in [7, 11) is 3.16. The summed E-state index contributed by atoms with van der Waals surface area (Å²) in [6, 6.07) is 20.3. The fraction of sp³-hybridized carbons (Fsp3) is 0.185. The third-order valence-corrected chi connectivity index (χ3v) is 5.55. The van der Waals surface area contributed by atoms with Gasteiger partial charge in [-0.15, -0.1) is 0 Å². The smallest absolute Gasteiger partial charge is 0.259 e. The largest absolute Gasteiger partial charge is 0.497 e. The number of ether oxygens (including phenoxy) is 4. The number of fused-ring (bicyclic) bond motifs is 1. The van der Waals surface area contributed by atoms with Crippen LogP contribution >= 0.6 is 0 Å². The zero-order valence-electron chi connectivity index (χ0n) is 19.9. The van der Waals surface area contributed by atoms with E-state index in [1.165, 1.54) is 0 Å². The second-order valence-corrected chi connectivity index (χ2v) is 8.46. The molecule has 2 heterocycles. The average Bonchev–Trinajstić information content (AvgIpc) is 3.44. The Labute approximate surface area is 203 Å². The van der Waals surface area contributed by atoms with E-state index in [9.17, 15) is 4.79 Å². The van der Waals surface area contributed by atoms with Gasteiger partial charge in [0.05, 0.1) is 25.5 Å². The van der Waals surface area contributed by atoms with Gasteiger partial charge in [-0.25, -0.2) is 4.68 Å². The minimum absolute atomic E-state index is 0.329. The molecule has 35 heavy (non-hydrogen) atoms. The number of methoxy groups -OCH3 is 2. The topological polar surface area (TPSA) is 83.8 Å². The maximum absolute atomic E-state index is 13.5. The summed E-state index contributed by atoms with van der Waals surface area (Å²) in [4.78, 5) is 13.5. The molecule has 0 bridgehead atoms. The number of hydrogen-bond acceptors (Lipinski definition) is 6. The summed E-state index contributed by atoms with van der Waals surface area (Å²) in [6.45, 7) is 3.66. The van der Waals surface area contributed by atoms with Crippen LogP contribution in [0, 0.1) is 0 Å². The van der Waals surface area contributed by atoms with Crippen LogP contribution in [0.3, 0.4) is 0 Å². The fourth-order valence-corrected chi connectivity index (χ4v) is 3.95. The molecule has 0 atom stereocenters. The van der Waals surface area contributed by atoms with Crippen LogP contribution in [0.4, 0.5) is 5.69 Å². The predicted molar refractivity (Wildman–Crippen MR) is 132 cm³/mol. The van der Waals surface area contributed by atoms with Crippen LogP contribution < -0.4 is 24.3 Å². The van der Waals surface area contributed by atoms with Crippen molar-refractivity contribution < 1.29 is 23.7 Å². The molecule has 0 aliphatic carbocycles. The number of carbonyl (C=O) groups is 1. The Morgan fingerprint density at radius 2 is 1.71 bits per heavy atom. The molecule has 8 heteroatoms. The van der Waals surface area contributed by atoms with Crippen molar-refractivity contribution in [1.29, 1.82) is 0 Å². The molecule has 1 aliphatic heterocycles. The third-order valence-electron chi connectivity index (χ3n) is 5.55. The first-order valence-corrected chi connectivity index (χ1v) is 11.1. The second-order valence-electron chi connectivity index (χ2n) is 8.46. The molecule has 3 aromatic carbocycles. The van der Waals surface area contributed by atoms with Crippen LogP contribution in [0.15, 0.2) is 72.9 Å². The van der Waals surface area contributed by atoms with Crippen molar-refractivity contribution >= 4 is 11.6 Å². The number of para-hydroxylation sites is 1. The molecule has 178 valence electrons. The van der Waals surface area contributed by atoms with Gasteiger partial charge in [0, 0.05) is 37.4 Å². The van der Waals surface area contributed by atoms with E-state index in [4.69, 9.17) is 24.0 Å². The van der Waals surface area contributed by atoms with Crippen molar-refractivity contribution in [3.05, 3.63) is 78.5 Å². The average molecular weight is 472 g/mol. The lowest BCUT2D eigenvalue weighted by Crippen LogP contribution is -2.29. The lowest BCUT2D eigenvalue weighted by Gasteiger charge is -2.16. The number of aromatic nitrogens is 2. The molecule has 5 rings (SSSR count). The SMILES string of the molecule is COc1ccc(OC)c(-c2nn(-c3ccccc3)cc2C(=O)Nc2ccc3c(c2)OC(C)(C)O3)c1. The molecule has 4 aromatic rings. The fourth-order valence-electron chi connectivity index (χ4n) is 3.95. The molecule has 0 spiro atoms. The van der Waals surface area contributed by atoms with Gasteiger partial charge in [-0.3, -0.25) is 4.79 Å². The van der Waals surface area contributed by atoms with Gasteiger partial charge in [-0.2, -0.15) is 5.10 Å². The standard InChI is InChI=1S/C27H25N3O5/c1-27(2)34-23-12-10-17(14-24(23)35-27)28-26(31)21-16-30(18-8-6-5-7-9-18)29-25(21)20-15-19(32-3)11-13-22(20)33-4/h5-16H,1-4H3,(H,28,31). The number of nitrogens with one attached hydrogen (secondary N) is 1. The van der Waals surface area contributed by atoms with E-state index in [1.807, 2.05) is 44.2 Å². The Morgan fingerprint density at radius 1 is 0.943 bits per heavy atom. The van der Waals surface area contributed by atoms with Crippen molar-refractivity contribution in [3.8, 4) is 39.9 Å². The number of nitrogens with zero attached hydrogens (tertiary/aromatic N) is 2. The molecule has 0 radical (unpaired) electrons. The monoisotopic (exact) mass is 471 g/mol. The molecule has 1 amide bonds. The van der Waals surface area contributed by atoms with Crippen LogP contribution in [-0.2, 0) is 0 Å². The first-order valence-electron chi connectivity index (χ1n) is 11.1. The number of benzene rings is 3. The minimum Gasteiger partial charge on any atom is -0.497 e. The zero-order valence-corrected chi connectivity index (χ0v) is 19.9. The molecule has 0 unspecified atom stereocenters. The first-order chi connectivity index (χ1) is 16.9. The van der Waals surface area contributed by atoms with Crippen molar-refractivity contribution in [2.75, 3.05) is 19.5 Å². The maximum atomic E-state index is 13.5. The quantitative estimate of drug-likeness (QED) is 0.410. The Kier molecular flexibility index (Phi) is 5.56. The summed E-state index contributed by atoms with van der Waals surface area (Å²) in [6.07, 6.45) is 1.70.